The van der Waals surface area contributed by atoms with Crippen LogP contribution in [-0.4, -0.2) is 37.1 Å². The van der Waals surface area contributed by atoms with E-state index in [0.29, 0.717) is 11.5 Å². The molecule has 19 heavy (non-hydrogen) atoms. The van der Waals surface area contributed by atoms with Gasteiger partial charge in [0.25, 0.3) is 0 Å². The lowest BCUT2D eigenvalue weighted by Gasteiger charge is -2.30. The van der Waals surface area contributed by atoms with E-state index >= 15 is 0 Å². The van der Waals surface area contributed by atoms with Gasteiger partial charge in [-0.25, -0.2) is 0 Å². The molecule has 0 aromatic heterocycles. The monoisotopic (exact) mass is 266 g/mol. The molecule has 1 aliphatic heterocycles. The number of nitrogens with zero attached hydrogens (tertiary/aromatic N) is 1. The summed E-state index contributed by atoms with van der Waals surface area (Å²) in [5.74, 6) is 0.875. The van der Waals surface area contributed by atoms with E-state index in [-0.39, 0.29) is 0 Å². The van der Waals surface area contributed by atoms with Crippen LogP contribution in [0.2, 0.25) is 0 Å². The van der Waals surface area contributed by atoms with Crippen LogP contribution in [-0.2, 0) is 0 Å². The minimum atomic E-state index is 0.465. The minimum absolute atomic E-state index is 0.465. The lowest BCUT2D eigenvalue weighted by Crippen LogP contribution is -2.32. The van der Waals surface area contributed by atoms with Gasteiger partial charge >= 0.3 is 0 Å². The quantitative estimate of drug-likeness (QED) is 0.764. The molecule has 112 valence electrons. The Kier molecular flexibility index (Phi) is 6.55. The van der Waals surface area contributed by atoms with Gasteiger partial charge in [-0.2, -0.15) is 0 Å². The van der Waals surface area contributed by atoms with Crippen molar-refractivity contribution in [1.29, 1.82) is 0 Å². The summed E-state index contributed by atoms with van der Waals surface area (Å²) < 4.78 is 0. The molecule has 1 aliphatic rings. The molecule has 0 saturated carbocycles. The van der Waals surface area contributed by atoms with E-state index in [0.717, 1.165) is 19.0 Å². The van der Waals surface area contributed by atoms with Gasteiger partial charge in [-0.15, -0.1) is 0 Å². The highest BCUT2D eigenvalue weighted by molar-refractivity contribution is 5.00. The lowest BCUT2D eigenvalue weighted by molar-refractivity contribution is 0.210. The summed E-state index contributed by atoms with van der Waals surface area (Å²) >= 11 is 0. The van der Waals surface area contributed by atoms with Crippen LogP contribution in [0, 0.1) is 11.3 Å². The third-order valence-corrected chi connectivity index (χ3v) is 4.25. The second kappa shape index (κ2) is 7.44. The molecule has 0 aliphatic carbocycles. The van der Waals surface area contributed by atoms with Crippen molar-refractivity contribution in [2.45, 2.75) is 59.9 Å². The largest absolute Gasteiger partial charge is 0.311 e. The zero-order valence-electron chi connectivity index (χ0n) is 13.8. The van der Waals surface area contributed by atoms with Crippen LogP contribution in [0.4, 0.5) is 0 Å². The van der Waals surface area contributed by atoms with E-state index in [4.69, 9.17) is 0 Å². The predicted octanol–water partition coefficient (Wildman–Crippen LogP) is 3.69. The molecule has 0 bridgehead atoms. The Morgan fingerprint density at radius 1 is 1.26 bits per heavy atom. The molecular weight excluding hydrogens is 232 g/mol. The maximum atomic E-state index is 4.21. The van der Waals surface area contributed by atoms with Crippen molar-refractivity contribution in [1.82, 2.24) is 10.2 Å². The van der Waals surface area contributed by atoms with Gasteiger partial charge in [0.05, 0.1) is 0 Å². The molecule has 1 heterocycles. The van der Waals surface area contributed by atoms with Crippen molar-refractivity contribution < 1.29 is 0 Å². The molecule has 0 amide bonds. The Balaban J connectivity index is 2.35. The first-order valence-corrected chi connectivity index (χ1v) is 7.91. The van der Waals surface area contributed by atoms with Crippen molar-refractivity contribution in [2.24, 2.45) is 11.3 Å². The Morgan fingerprint density at radius 2 is 1.95 bits per heavy atom. The van der Waals surface area contributed by atoms with Gasteiger partial charge in [0.2, 0.25) is 0 Å². The van der Waals surface area contributed by atoms with Crippen LogP contribution >= 0.6 is 0 Å². The normalized spacial score (nSPS) is 22.5. The van der Waals surface area contributed by atoms with Crippen molar-refractivity contribution >= 4 is 0 Å². The van der Waals surface area contributed by atoms with Crippen molar-refractivity contribution in [3.63, 3.8) is 0 Å². The summed E-state index contributed by atoms with van der Waals surface area (Å²) in [5.41, 5.74) is 1.79. The van der Waals surface area contributed by atoms with Crippen molar-refractivity contribution in [3.8, 4) is 0 Å². The average molecular weight is 266 g/mol. The first-order valence-electron chi connectivity index (χ1n) is 7.91. The van der Waals surface area contributed by atoms with Crippen LogP contribution in [0.1, 0.15) is 53.9 Å². The first kappa shape index (κ1) is 16.7. The third kappa shape index (κ3) is 6.58. The molecule has 1 fully saturated rings. The summed E-state index contributed by atoms with van der Waals surface area (Å²) in [5, 5.41) is 3.46. The van der Waals surface area contributed by atoms with Gasteiger partial charge in [-0.05, 0) is 49.3 Å². The number of likely N-dealkylation sites (tertiary alicyclic amines) is 1. The summed E-state index contributed by atoms with van der Waals surface area (Å²) in [7, 11) is 0. The molecule has 1 saturated heterocycles. The van der Waals surface area contributed by atoms with Crippen molar-refractivity contribution in [2.75, 3.05) is 26.2 Å². The number of hydrogen-bond donors (Lipinski definition) is 1. The van der Waals surface area contributed by atoms with Gasteiger partial charge in [0.1, 0.15) is 0 Å². The lowest BCUT2D eigenvalue weighted by atomic mass is 9.77. The Hall–Kier alpha value is -0.340. The predicted molar refractivity (Wildman–Crippen MR) is 85.5 cm³/mol. The summed E-state index contributed by atoms with van der Waals surface area (Å²) in [4.78, 5) is 2.59. The van der Waals surface area contributed by atoms with Crippen LogP contribution in [0.5, 0.6) is 0 Å². The van der Waals surface area contributed by atoms with E-state index < -0.39 is 0 Å². The Labute approximate surface area is 120 Å². The molecule has 1 rings (SSSR count). The highest BCUT2D eigenvalue weighted by Gasteiger charge is 2.26. The fourth-order valence-corrected chi connectivity index (χ4v) is 2.90. The second-order valence-electron chi connectivity index (χ2n) is 7.56. The van der Waals surface area contributed by atoms with Gasteiger partial charge in [0.15, 0.2) is 0 Å². The third-order valence-electron chi connectivity index (χ3n) is 4.25. The smallest absolute Gasteiger partial charge is 0.0202 e. The summed E-state index contributed by atoms with van der Waals surface area (Å²) in [6.45, 7) is 20.3. The SMILES string of the molecule is C=C(CNC(C)C)CN1CCCC(C(C)(C)C)CC1. The van der Waals surface area contributed by atoms with Gasteiger partial charge < -0.3 is 5.32 Å². The zero-order chi connectivity index (χ0) is 14.5. The molecule has 1 unspecified atom stereocenters. The number of nitrogens with one attached hydrogen (secondary N) is 1. The van der Waals surface area contributed by atoms with E-state index in [2.05, 4.69) is 51.4 Å². The average Bonchev–Trinajstić information content (AvgIpc) is 2.51. The molecule has 2 nitrogen and oxygen atoms in total. The molecule has 0 aromatic carbocycles. The van der Waals surface area contributed by atoms with E-state index in [1.54, 1.807) is 0 Å². The summed E-state index contributed by atoms with van der Waals surface area (Å²) in [6.07, 6.45) is 4.07. The number of hydrogen-bond acceptors (Lipinski definition) is 2. The second-order valence-corrected chi connectivity index (χ2v) is 7.56. The topological polar surface area (TPSA) is 15.3 Å². The standard InChI is InChI=1S/C17H34N2/c1-14(2)18-12-15(3)13-19-10-7-8-16(9-11-19)17(4,5)6/h14,16,18H,3,7-13H2,1-2,4-6H3. The molecule has 1 N–H and O–H groups in total. The van der Waals surface area contributed by atoms with E-state index in [1.165, 1.54) is 37.9 Å². The Morgan fingerprint density at radius 3 is 2.53 bits per heavy atom. The van der Waals surface area contributed by atoms with E-state index in [1.807, 2.05) is 0 Å². The van der Waals surface area contributed by atoms with Crippen molar-refractivity contribution in [3.05, 3.63) is 12.2 Å². The molecular formula is C17H34N2. The van der Waals surface area contributed by atoms with Gasteiger partial charge in [-0.1, -0.05) is 41.2 Å². The highest BCUT2D eigenvalue weighted by atomic mass is 15.1. The van der Waals surface area contributed by atoms with Gasteiger partial charge in [0, 0.05) is 19.1 Å². The number of rotatable bonds is 5. The summed E-state index contributed by atoms with van der Waals surface area (Å²) in [6, 6.07) is 0.547. The fraction of sp³-hybridized carbons (Fsp3) is 0.882. The zero-order valence-corrected chi connectivity index (χ0v) is 13.8. The van der Waals surface area contributed by atoms with Crippen LogP contribution in [0.3, 0.4) is 0 Å². The van der Waals surface area contributed by atoms with Crippen LogP contribution in [0.15, 0.2) is 12.2 Å². The first-order chi connectivity index (χ1) is 8.79. The molecule has 0 aromatic rings. The Bertz CT molecular complexity index is 275. The molecule has 1 atom stereocenters. The highest BCUT2D eigenvalue weighted by Crippen LogP contribution is 2.34. The maximum absolute atomic E-state index is 4.21. The molecule has 0 radical (unpaired) electrons. The maximum Gasteiger partial charge on any atom is 0.0202 e. The minimum Gasteiger partial charge on any atom is -0.311 e. The fourth-order valence-electron chi connectivity index (χ4n) is 2.90. The van der Waals surface area contributed by atoms with Gasteiger partial charge in [-0.3, -0.25) is 4.90 Å². The van der Waals surface area contributed by atoms with Crippen LogP contribution in [0.25, 0.3) is 0 Å². The molecule has 0 spiro atoms. The van der Waals surface area contributed by atoms with E-state index in [9.17, 15) is 0 Å². The van der Waals surface area contributed by atoms with Crippen LogP contribution < -0.4 is 5.32 Å². The molecule has 2 heteroatoms.